The molecule has 0 radical (unpaired) electrons. The molecular formula is C26H29N7O2. The fourth-order valence-corrected chi connectivity index (χ4v) is 4.31. The molecule has 9 nitrogen and oxygen atoms in total. The molecule has 1 aliphatic heterocycles. The van der Waals surface area contributed by atoms with Gasteiger partial charge in [0.1, 0.15) is 24.5 Å². The molecular weight excluding hydrogens is 442 g/mol. The van der Waals surface area contributed by atoms with Crippen molar-refractivity contribution in [3.05, 3.63) is 72.7 Å². The van der Waals surface area contributed by atoms with E-state index in [2.05, 4.69) is 30.2 Å². The van der Waals surface area contributed by atoms with E-state index in [4.69, 9.17) is 4.74 Å². The number of anilines is 2. The van der Waals surface area contributed by atoms with Gasteiger partial charge in [0.05, 0.1) is 17.6 Å². The van der Waals surface area contributed by atoms with Gasteiger partial charge in [-0.1, -0.05) is 30.3 Å². The zero-order valence-corrected chi connectivity index (χ0v) is 20.0. The van der Waals surface area contributed by atoms with Crippen LogP contribution in [0.1, 0.15) is 12.5 Å². The lowest BCUT2D eigenvalue weighted by atomic mass is 10.2. The van der Waals surface area contributed by atoms with Gasteiger partial charge in [0.25, 0.3) is 0 Å². The molecule has 2 aromatic heterocycles. The average molecular weight is 472 g/mol. The van der Waals surface area contributed by atoms with Gasteiger partial charge in [0.2, 0.25) is 5.91 Å². The first-order valence-corrected chi connectivity index (χ1v) is 11.8. The van der Waals surface area contributed by atoms with Gasteiger partial charge in [-0.25, -0.2) is 9.97 Å². The quantitative estimate of drug-likeness (QED) is 0.443. The highest BCUT2D eigenvalue weighted by atomic mass is 16.5. The Morgan fingerprint density at radius 3 is 2.51 bits per heavy atom. The van der Waals surface area contributed by atoms with Gasteiger partial charge in [-0.15, -0.1) is 0 Å². The largest absolute Gasteiger partial charge is 0.489 e. The third-order valence-corrected chi connectivity index (χ3v) is 6.42. The van der Waals surface area contributed by atoms with Crippen molar-refractivity contribution in [2.75, 3.05) is 36.4 Å². The summed E-state index contributed by atoms with van der Waals surface area (Å²) >= 11 is 0. The Labute approximate surface area is 204 Å². The van der Waals surface area contributed by atoms with Crippen LogP contribution in [0.25, 0.3) is 11.0 Å². The molecule has 0 aliphatic carbocycles. The highest BCUT2D eigenvalue weighted by Crippen LogP contribution is 2.24. The highest BCUT2D eigenvalue weighted by Gasteiger charge is 2.27. The molecule has 3 heterocycles. The Bertz CT molecular complexity index is 1280. The maximum absolute atomic E-state index is 12.9. The molecule has 0 spiro atoms. The Morgan fingerprint density at radius 2 is 1.77 bits per heavy atom. The van der Waals surface area contributed by atoms with Crippen LogP contribution in [0.3, 0.4) is 0 Å². The van der Waals surface area contributed by atoms with Crippen molar-refractivity contribution in [2.24, 2.45) is 7.05 Å². The first kappa shape index (κ1) is 22.8. The molecule has 0 unspecified atom stereocenters. The number of ether oxygens (including phenoxy) is 1. The van der Waals surface area contributed by atoms with Crippen molar-refractivity contribution < 1.29 is 9.53 Å². The molecule has 2 aromatic carbocycles. The maximum atomic E-state index is 12.9. The number of aryl methyl sites for hydroxylation is 1. The van der Waals surface area contributed by atoms with Crippen molar-refractivity contribution in [3.63, 3.8) is 0 Å². The summed E-state index contributed by atoms with van der Waals surface area (Å²) in [7, 11) is 1.88. The number of benzene rings is 2. The van der Waals surface area contributed by atoms with Crippen molar-refractivity contribution in [3.8, 4) is 5.75 Å². The topological polar surface area (TPSA) is 88.4 Å². The molecule has 35 heavy (non-hydrogen) atoms. The summed E-state index contributed by atoms with van der Waals surface area (Å²) in [5, 5.41) is 8.28. The number of rotatable bonds is 7. The van der Waals surface area contributed by atoms with Crippen LogP contribution in [0.2, 0.25) is 0 Å². The van der Waals surface area contributed by atoms with Crippen molar-refractivity contribution in [2.45, 2.75) is 19.6 Å². The number of nitrogens with one attached hydrogen (secondary N) is 1. The van der Waals surface area contributed by atoms with Crippen LogP contribution in [0.15, 0.2) is 67.1 Å². The smallest absolute Gasteiger partial charge is 0.241 e. The minimum absolute atomic E-state index is 0.0203. The Kier molecular flexibility index (Phi) is 6.58. The maximum Gasteiger partial charge on any atom is 0.241 e. The van der Waals surface area contributed by atoms with Gasteiger partial charge in [0.15, 0.2) is 5.65 Å². The number of fused-ring (bicyclic) bond motifs is 1. The van der Waals surface area contributed by atoms with Gasteiger partial charge in [-0.3, -0.25) is 14.4 Å². The standard InChI is InChI=1S/C26H29N7O2/c1-19(26(34)30-21-8-10-22(11-9-21)35-17-20-6-4-3-5-7-20)32-12-14-33(15-13-32)25-23-16-29-31(2)24(23)27-18-28-25/h3-11,16,18-19H,12-15,17H2,1-2H3,(H,30,34)/t19-/m1/s1. The predicted molar refractivity (Wildman–Crippen MR) is 135 cm³/mol. The van der Waals surface area contributed by atoms with E-state index in [-0.39, 0.29) is 11.9 Å². The van der Waals surface area contributed by atoms with E-state index < -0.39 is 0 Å². The lowest BCUT2D eigenvalue weighted by Gasteiger charge is -2.38. The molecule has 4 aromatic rings. The summed E-state index contributed by atoms with van der Waals surface area (Å²) in [5.74, 6) is 1.64. The van der Waals surface area contributed by atoms with Crippen LogP contribution in [0.5, 0.6) is 5.75 Å². The highest BCUT2D eigenvalue weighted by molar-refractivity contribution is 5.94. The van der Waals surface area contributed by atoms with Gasteiger partial charge in [-0.2, -0.15) is 5.10 Å². The number of hydrogen-bond acceptors (Lipinski definition) is 7. The number of amides is 1. The van der Waals surface area contributed by atoms with E-state index in [9.17, 15) is 4.79 Å². The van der Waals surface area contributed by atoms with Crippen LogP contribution in [0.4, 0.5) is 11.5 Å². The normalized spacial score (nSPS) is 15.2. The zero-order chi connectivity index (χ0) is 24.2. The molecule has 1 saturated heterocycles. The fraction of sp³-hybridized carbons (Fsp3) is 0.308. The lowest BCUT2D eigenvalue weighted by molar-refractivity contribution is -0.120. The molecule has 1 aliphatic rings. The van der Waals surface area contributed by atoms with Gasteiger partial charge >= 0.3 is 0 Å². The number of aromatic nitrogens is 4. The molecule has 0 bridgehead atoms. The van der Waals surface area contributed by atoms with Crippen molar-refractivity contribution >= 4 is 28.4 Å². The molecule has 180 valence electrons. The first-order chi connectivity index (χ1) is 17.1. The summed E-state index contributed by atoms with van der Waals surface area (Å²) in [6, 6.07) is 17.3. The summed E-state index contributed by atoms with van der Waals surface area (Å²) in [6.07, 6.45) is 3.39. The minimum Gasteiger partial charge on any atom is -0.489 e. The molecule has 1 fully saturated rings. The van der Waals surface area contributed by atoms with E-state index in [1.165, 1.54) is 0 Å². The average Bonchev–Trinajstić information content (AvgIpc) is 3.29. The zero-order valence-electron chi connectivity index (χ0n) is 20.0. The second kappa shape index (κ2) is 10.1. The van der Waals surface area contributed by atoms with Crippen LogP contribution < -0.4 is 15.0 Å². The number of nitrogens with zero attached hydrogens (tertiary/aromatic N) is 6. The van der Waals surface area contributed by atoms with Crippen LogP contribution in [0, 0.1) is 0 Å². The first-order valence-electron chi connectivity index (χ1n) is 11.8. The van der Waals surface area contributed by atoms with Crippen molar-refractivity contribution in [1.82, 2.24) is 24.6 Å². The second-order valence-corrected chi connectivity index (χ2v) is 8.69. The number of piperazine rings is 1. The number of carbonyl (C=O) groups excluding carboxylic acids is 1. The lowest BCUT2D eigenvalue weighted by Crippen LogP contribution is -2.53. The van der Waals surface area contributed by atoms with E-state index in [0.717, 1.165) is 60.0 Å². The van der Waals surface area contributed by atoms with Gasteiger partial charge in [-0.05, 0) is 36.8 Å². The Hall–Kier alpha value is -3.98. The number of carbonyl (C=O) groups is 1. The predicted octanol–water partition coefficient (Wildman–Crippen LogP) is 3.09. The summed E-state index contributed by atoms with van der Waals surface area (Å²) in [4.78, 5) is 26.2. The summed E-state index contributed by atoms with van der Waals surface area (Å²) < 4.78 is 7.58. The summed E-state index contributed by atoms with van der Waals surface area (Å²) in [5.41, 5.74) is 2.69. The van der Waals surface area contributed by atoms with Crippen LogP contribution >= 0.6 is 0 Å². The second-order valence-electron chi connectivity index (χ2n) is 8.69. The minimum atomic E-state index is -0.241. The molecule has 1 amide bonds. The molecule has 1 N–H and O–H groups in total. The van der Waals surface area contributed by atoms with E-state index in [0.29, 0.717) is 6.61 Å². The van der Waals surface area contributed by atoms with Gasteiger partial charge in [0, 0.05) is 38.9 Å². The third-order valence-electron chi connectivity index (χ3n) is 6.42. The molecule has 5 rings (SSSR count). The number of hydrogen-bond donors (Lipinski definition) is 1. The fourth-order valence-electron chi connectivity index (χ4n) is 4.31. The Balaban J connectivity index is 1.13. The van der Waals surface area contributed by atoms with Crippen LogP contribution in [-0.4, -0.2) is 62.8 Å². The molecule has 0 saturated carbocycles. The van der Waals surface area contributed by atoms with E-state index in [1.807, 2.05) is 74.8 Å². The van der Waals surface area contributed by atoms with Gasteiger partial charge < -0.3 is 15.0 Å². The third kappa shape index (κ3) is 5.09. The molecule has 9 heteroatoms. The van der Waals surface area contributed by atoms with E-state index >= 15 is 0 Å². The summed E-state index contributed by atoms with van der Waals surface area (Å²) in [6.45, 7) is 5.57. The Morgan fingerprint density at radius 1 is 1.03 bits per heavy atom. The molecule has 1 atom stereocenters. The van der Waals surface area contributed by atoms with E-state index in [1.54, 1.807) is 11.0 Å². The SMILES string of the molecule is C[C@H](C(=O)Nc1ccc(OCc2ccccc2)cc1)N1CCN(c2ncnc3c2cnn3C)CC1. The van der Waals surface area contributed by atoms with Crippen LogP contribution in [-0.2, 0) is 18.4 Å². The van der Waals surface area contributed by atoms with Crippen molar-refractivity contribution in [1.29, 1.82) is 0 Å². The monoisotopic (exact) mass is 471 g/mol.